The summed E-state index contributed by atoms with van der Waals surface area (Å²) < 4.78 is 0. The molecule has 2 N–H and O–H groups in total. The van der Waals surface area contributed by atoms with Crippen LogP contribution in [-0.2, 0) is 4.79 Å². The van der Waals surface area contributed by atoms with Crippen molar-refractivity contribution in [2.75, 3.05) is 27.2 Å². The van der Waals surface area contributed by atoms with Crippen LogP contribution in [0.5, 0.6) is 0 Å². The summed E-state index contributed by atoms with van der Waals surface area (Å²) in [6.07, 6.45) is 0.860. The van der Waals surface area contributed by atoms with Crippen LogP contribution in [0.4, 0.5) is 4.79 Å². The quantitative estimate of drug-likeness (QED) is 0.682. The van der Waals surface area contributed by atoms with Crippen LogP contribution < -0.4 is 5.32 Å². The lowest BCUT2D eigenvalue weighted by molar-refractivity contribution is -0.138. The Morgan fingerprint density at radius 3 is 2.14 bits per heavy atom. The van der Waals surface area contributed by atoms with Crippen LogP contribution in [0, 0.1) is 5.92 Å². The summed E-state index contributed by atoms with van der Waals surface area (Å²) in [4.78, 5) is 26.8. The highest BCUT2D eigenvalue weighted by molar-refractivity contribution is 5.76. The molecule has 0 aliphatic carbocycles. The number of carbonyl (C=O) groups is 2. The molecule has 2 unspecified atom stereocenters. The van der Waals surface area contributed by atoms with Gasteiger partial charge in [-0.05, 0) is 40.3 Å². The zero-order valence-corrected chi connectivity index (χ0v) is 14.2. The molecule has 0 aromatic carbocycles. The van der Waals surface area contributed by atoms with Gasteiger partial charge in [0.25, 0.3) is 0 Å². The van der Waals surface area contributed by atoms with Crippen LogP contribution >= 0.6 is 0 Å². The van der Waals surface area contributed by atoms with Crippen molar-refractivity contribution in [3.05, 3.63) is 0 Å². The highest BCUT2D eigenvalue weighted by Crippen LogP contribution is 2.09. The molecule has 0 aliphatic heterocycles. The van der Waals surface area contributed by atoms with Crippen molar-refractivity contribution in [3.63, 3.8) is 0 Å². The first-order chi connectivity index (χ1) is 9.67. The highest BCUT2D eigenvalue weighted by Gasteiger charge is 2.23. The van der Waals surface area contributed by atoms with E-state index in [1.54, 1.807) is 11.8 Å². The molecular formula is C15H31N3O3. The van der Waals surface area contributed by atoms with Crippen molar-refractivity contribution >= 4 is 12.0 Å². The maximum Gasteiger partial charge on any atom is 0.317 e. The van der Waals surface area contributed by atoms with Gasteiger partial charge in [0, 0.05) is 25.2 Å². The summed E-state index contributed by atoms with van der Waals surface area (Å²) in [7, 11) is 3.95. The predicted octanol–water partition coefficient (Wildman–Crippen LogP) is 1.86. The molecule has 21 heavy (non-hydrogen) atoms. The summed E-state index contributed by atoms with van der Waals surface area (Å²) in [5.74, 6) is -0.400. The molecule has 124 valence electrons. The number of carboxylic acids is 1. The first-order valence-electron chi connectivity index (χ1n) is 7.60. The van der Waals surface area contributed by atoms with Crippen molar-refractivity contribution < 1.29 is 14.7 Å². The molecule has 0 aromatic heterocycles. The first kappa shape index (κ1) is 19.7. The molecule has 0 aromatic rings. The molecular weight excluding hydrogens is 270 g/mol. The van der Waals surface area contributed by atoms with Crippen LogP contribution in [-0.4, -0.2) is 66.2 Å². The lowest BCUT2D eigenvalue weighted by Crippen LogP contribution is -2.51. The van der Waals surface area contributed by atoms with Crippen LogP contribution in [0.25, 0.3) is 0 Å². The molecule has 6 nitrogen and oxygen atoms in total. The SMILES string of the molecule is CCN(C(=O)NC(CC(C)C)CN(C)C)C(C)CC(=O)O. The predicted molar refractivity (Wildman–Crippen MR) is 84.4 cm³/mol. The standard InChI is InChI=1S/C15H31N3O3/c1-7-18(12(4)9-14(19)20)15(21)16-13(8-11(2)3)10-17(5)6/h11-13H,7-10H2,1-6H3,(H,16,21)(H,19,20). The molecule has 0 saturated carbocycles. The minimum atomic E-state index is -0.888. The van der Waals surface area contributed by atoms with Gasteiger partial charge in [-0.15, -0.1) is 0 Å². The zero-order valence-electron chi connectivity index (χ0n) is 14.2. The molecule has 0 bridgehead atoms. The van der Waals surface area contributed by atoms with Crippen molar-refractivity contribution in [3.8, 4) is 0 Å². The summed E-state index contributed by atoms with van der Waals surface area (Å²) in [6.45, 7) is 9.15. The number of amides is 2. The van der Waals surface area contributed by atoms with Gasteiger partial charge in [-0.3, -0.25) is 4.79 Å². The molecule has 0 rings (SSSR count). The fraction of sp³-hybridized carbons (Fsp3) is 0.867. The Morgan fingerprint density at radius 2 is 1.76 bits per heavy atom. The maximum absolute atomic E-state index is 12.4. The number of hydrogen-bond acceptors (Lipinski definition) is 3. The molecule has 0 aliphatic rings. The summed E-state index contributed by atoms with van der Waals surface area (Å²) in [5, 5.41) is 11.9. The number of carbonyl (C=O) groups excluding carboxylic acids is 1. The Kier molecular flexibility index (Phi) is 9.01. The molecule has 0 heterocycles. The third-order valence-corrected chi connectivity index (χ3v) is 3.27. The van der Waals surface area contributed by atoms with Gasteiger partial charge in [0.05, 0.1) is 6.42 Å². The highest BCUT2D eigenvalue weighted by atomic mass is 16.4. The Morgan fingerprint density at radius 1 is 1.19 bits per heavy atom. The number of hydrogen-bond donors (Lipinski definition) is 2. The van der Waals surface area contributed by atoms with Gasteiger partial charge >= 0.3 is 12.0 Å². The second kappa shape index (κ2) is 9.60. The van der Waals surface area contributed by atoms with E-state index in [0.717, 1.165) is 13.0 Å². The van der Waals surface area contributed by atoms with Gasteiger partial charge in [0.2, 0.25) is 0 Å². The van der Waals surface area contributed by atoms with E-state index < -0.39 is 5.97 Å². The molecule has 0 spiro atoms. The fourth-order valence-corrected chi connectivity index (χ4v) is 2.46. The van der Waals surface area contributed by atoms with E-state index in [1.807, 2.05) is 25.9 Å². The third-order valence-electron chi connectivity index (χ3n) is 3.27. The Labute approximate surface area is 128 Å². The van der Waals surface area contributed by atoms with Gasteiger partial charge < -0.3 is 20.2 Å². The Bertz CT molecular complexity index is 322. The Hall–Kier alpha value is -1.30. The molecule has 0 fully saturated rings. The maximum atomic E-state index is 12.4. The minimum absolute atomic E-state index is 0.0379. The van der Waals surface area contributed by atoms with E-state index in [0.29, 0.717) is 12.5 Å². The molecule has 6 heteroatoms. The summed E-state index contributed by atoms with van der Waals surface area (Å²) in [5.41, 5.74) is 0. The number of nitrogens with zero attached hydrogens (tertiary/aromatic N) is 2. The molecule has 0 saturated heterocycles. The smallest absolute Gasteiger partial charge is 0.317 e. The monoisotopic (exact) mass is 301 g/mol. The largest absolute Gasteiger partial charge is 0.481 e. The van der Waals surface area contributed by atoms with E-state index in [1.165, 1.54) is 0 Å². The Balaban J connectivity index is 4.71. The lowest BCUT2D eigenvalue weighted by atomic mass is 10.0. The number of urea groups is 1. The number of nitrogens with one attached hydrogen (secondary N) is 1. The van der Waals surface area contributed by atoms with E-state index in [4.69, 9.17) is 5.11 Å². The van der Waals surface area contributed by atoms with Crippen molar-refractivity contribution in [2.24, 2.45) is 5.92 Å². The van der Waals surface area contributed by atoms with E-state index in [9.17, 15) is 9.59 Å². The minimum Gasteiger partial charge on any atom is -0.481 e. The van der Waals surface area contributed by atoms with E-state index >= 15 is 0 Å². The van der Waals surface area contributed by atoms with Crippen molar-refractivity contribution in [1.29, 1.82) is 0 Å². The molecule has 0 radical (unpaired) electrons. The first-order valence-corrected chi connectivity index (χ1v) is 7.60. The van der Waals surface area contributed by atoms with Gasteiger partial charge in [0.15, 0.2) is 0 Å². The van der Waals surface area contributed by atoms with Crippen LogP contribution in [0.15, 0.2) is 0 Å². The summed E-state index contributed by atoms with van der Waals surface area (Å²) >= 11 is 0. The topological polar surface area (TPSA) is 72.9 Å². The molecule has 2 amide bonds. The summed E-state index contributed by atoms with van der Waals surface area (Å²) in [6, 6.07) is -0.427. The second-order valence-corrected chi connectivity index (χ2v) is 6.27. The lowest BCUT2D eigenvalue weighted by Gasteiger charge is -2.31. The van der Waals surface area contributed by atoms with Crippen molar-refractivity contribution in [2.45, 2.75) is 52.6 Å². The van der Waals surface area contributed by atoms with Crippen LogP contribution in [0.1, 0.15) is 40.5 Å². The van der Waals surface area contributed by atoms with Crippen LogP contribution in [0.3, 0.4) is 0 Å². The van der Waals surface area contributed by atoms with Gasteiger partial charge in [-0.25, -0.2) is 4.79 Å². The number of aliphatic carboxylic acids is 1. The van der Waals surface area contributed by atoms with Crippen molar-refractivity contribution in [1.82, 2.24) is 15.1 Å². The average Bonchev–Trinajstić information content (AvgIpc) is 2.26. The van der Waals surface area contributed by atoms with Gasteiger partial charge in [-0.2, -0.15) is 0 Å². The van der Waals surface area contributed by atoms with Gasteiger partial charge in [-0.1, -0.05) is 13.8 Å². The van der Waals surface area contributed by atoms with E-state index in [2.05, 4.69) is 19.2 Å². The third kappa shape index (κ3) is 8.55. The normalized spacial score (nSPS) is 14.1. The van der Waals surface area contributed by atoms with E-state index in [-0.39, 0.29) is 24.5 Å². The number of likely N-dealkylation sites (N-methyl/N-ethyl adjacent to an activating group) is 1. The second-order valence-electron chi connectivity index (χ2n) is 6.27. The average molecular weight is 301 g/mol. The number of carboxylic acid groups (broad SMARTS) is 1. The fourth-order valence-electron chi connectivity index (χ4n) is 2.46. The van der Waals surface area contributed by atoms with Gasteiger partial charge in [0.1, 0.15) is 0 Å². The molecule has 2 atom stereocenters. The zero-order chi connectivity index (χ0) is 16.6. The number of rotatable bonds is 9. The van der Waals surface area contributed by atoms with Crippen LogP contribution in [0.2, 0.25) is 0 Å².